The van der Waals surface area contributed by atoms with Crippen LogP contribution >= 0.6 is 0 Å². The van der Waals surface area contributed by atoms with Gasteiger partial charge in [-0.2, -0.15) is 18.2 Å². The normalized spacial score (nSPS) is 11.9. The number of benzene rings is 2. The van der Waals surface area contributed by atoms with Crippen molar-refractivity contribution >= 4 is 10.9 Å². The Balaban J connectivity index is 1.75. The number of fused-ring (bicyclic) bond motifs is 1. The van der Waals surface area contributed by atoms with Gasteiger partial charge >= 0.3 is 6.18 Å². The van der Waals surface area contributed by atoms with E-state index in [0.717, 1.165) is 6.07 Å². The highest BCUT2D eigenvalue weighted by Gasteiger charge is 2.34. The number of aryl methyl sites for hydroxylation is 1. The smallest absolute Gasteiger partial charge is 0.334 e. The summed E-state index contributed by atoms with van der Waals surface area (Å²) in [5.41, 5.74) is -0.763. The first-order valence-corrected chi connectivity index (χ1v) is 8.86. The summed E-state index contributed by atoms with van der Waals surface area (Å²) in [6.07, 6.45) is -4.07. The van der Waals surface area contributed by atoms with Crippen LogP contribution in [-0.2, 0) is 19.1 Å². The van der Waals surface area contributed by atoms with Crippen molar-refractivity contribution in [2.45, 2.75) is 26.1 Å². The number of hydrogen-bond donors (Lipinski definition) is 0. The number of aromatic nitrogens is 4. The molecule has 0 saturated carbocycles. The zero-order chi connectivity index (χ0) is 20.6. The highest BCUT2D eigenvalue weighted by Crippen LogP contribution is 2.36. The molecular weight excluding hydrogens is 385 g/mol. The van der Waals surface area contributed by atoms with Gasteiger partial charge in [-0.05, 0) is 24.3 Å². The van der Waals surface area contributed by atoms with Gasteiger partial charge in [0.25, 0.3) is 11.4 Å². The number of halogens is 3. The monoisotopic (exact) mass is 400 g/mol. The van der Waals surface area contributed by atoms with Gasteiger partial charge in [-0.15, -0.1) is 0 Å². The van der Waals surface area contributed by atoms with E-state index < -0.39 is 11.7 Å². The van der Waals surface area contributed by atoms with E-state index in [0.29, 0.717) is 23.1 Å². The maximum absolute atomic E-state index is 13.2. The third-order valence-corrected chi connectivity index (χ3v) is 4.49. The van der Waals surface area contributed by atoms with Crippen LogP contribution in [-0.4, -0.2) is 19.7 Å². The van der Waals surface area contributed by atoms with Crippen LogP contribution in [0, 0.1) is 0 Å². The summed E-state index contributed by atoms with van der Waals surface area (Å²) in [7, 11) is 0. The van der Waals surface area contributed by atoms with Crippen molar-refractivity contribution in [2.24, 2.45) is 0 Å². The number of rotatable bonds is 4. The predicted octanol–water partition coefficient (Wildman–Crippen LogP) is 4.08. The Hall–Kier alpha value is -3.49. The van der Waals surface area contributed by atoms with Crippen LogP contribution in [0.1, 0.15) is 24.1 Å². The fraction of sp³-hybridized carbons (Fsp3) is 0.200. The second kappa shape index (κ2) is 7.16. The molecule has 0 atom stereocenters. The van der Waals surface area contributed by atoms with Crippen LogP contribution in [0.3, 0.4) is 0 Å². The Labute approximate surface area is 162 Å². The van der Waals surface area contributed by atoms with E-state index >= 15 is 0 Å². The highest BCUT2D eigenvalue weighted by molar-refractivity contribution is 5.77. The summed E-state index contributed by atoms with van der Waals surface area (Å²) in [5, 5.41) is 4.21. The first-order valence-electron chi connectivity index (χ1n) is 8.86. The van der Waals surface area contributed by atoms with Crippen molar-refractivity contribution in [2.75, 3.05) is 0 Å². The standard InChI is InChI=1S/C20H15F3N4O2/c1-2-17-24-15-10-6-4-8-13(15)19(28)27(17)11-16-25-18(29-26-16)12-7-3-5-9-14(12)20(21,22)23/h3-10H,2,11H2,1H3. The average Bonchev–Trinajstić information content (AvgIpc) is 3.18. The molecule has 2 aromatic carbocycles. The van der Waals surface area contributed by atoms with Crippen LogP contribution in [0.25, 0.3) is 22.4 Å². The second-order valence-electron chi connectivity index (χ2n) is 6.35. The SMILES string of the molecule is CCc1nc2ccccc2c(=O)n1Cc1noc(-c2ccccc2C(F)(F)F)n1. The zero-order valence-electron chi connectivity index (χ0n) is 15.3. The van der Waals surface area contributed by atoms with Gasteiger partial charge in [0.1, 0.15) is 5.82 Å². The lowest BCUT2D eigenvalue weighted by molar-refractivity contribution is -0.137. The van der Waals surface area contributed by atoms with Gasteiger partial charge < -0.3 is 4.52 Å². The fourth-order valence-corrected chi connectivity index (χ4v) is 3.13. The molecule has 0 radical (unpaired) electrons. The Morgan fingerprint density at radius 3 is 2.52 bits per heavy atom. The Morgan fingerprint density at radius 1 is 1.03 bits per heavy atom. The number of nitrogens with zero attached hydrogens (tertiary/aromatic N) is 4. The second-order valence-corrected chi connectivity index (χ2v) is 6.35. The zero-order valence-corrected chi connectivity index (χ0v) is 15.3. The molecule has 0 saturated heterocycles. The molecule has 0 bridgehead atoms. The molecule has 0 fully saturated rings. The average molecular weight is 400 g/mol. The third-order valence-electron chi connectivity index (χ3n) is 4.49. The Kier molecular flexibility index (Phi) is 4.65. The minimum atomic E-state index is -4.56. The molecule has 9 heteroatoms. The van der Waals surface area contributed by atoms with Crippen LogP contribution in [0.15, 0.2) is 57.8 Å². The fourth-order valence-electron chi connectivity index (χ4n) is 3.13. The van der Waals surface area contributed by atoms with E-state index in [4.69, 9.17) is 4.52 Å². The van der Waals surface area contributed by atoms with Crippen molar-refractivity contribution in [3.63, 3.8) is 0 Å². The van der Waals surface area contributed by atoms with Crippen molar-refractivity contribution < 1.29 is 17.7 Å². The van der Waals surface area contributed by atoms with Gasteiger partial charge in [0.15, 0.2) is 5.82 Å². The van der Waals surface area contributed by atoms with E-state index in [1.807, 2.05) is 6.92 Å². The summed E-state index contributed by atoms with van der Waals surface area (Å²) in [6, 6.07) is 11.9. The quantitative estimate of drug-likeness (QED) is 0.516. The molecule has 29 heavy (non-hydrogen) atoms. The Morgan fingerprint density at radius 2 is 1.76 bits per heavy atom. The molecule has 0 N–H and O–H groups in total. The molecule has 2 heterocycles. The minimum absolute atomic E-state index is 0.0580. The van der Waals surface area contributed by atoms with Gasteiger partial charge in [0, 0.05) is 6.42 Å². The van der Waals surface area contributed by atoms with E-state index in [2.05, 4.69) is 15.1 Å². The molecule has 0 aliphatic rings. The topological polar surface area (TPSA) is 73.8 Å². The minimum Gasteiger partial charge on any atom is -0.334 e. The number of para-hydroxylation sites is 1. The van der Waals surface area contributed by atoms with Crippen LogP contribution in [0.4, 0.5) is 13.2 Å². The molecule has 4 aromatic rings. The highest BCUT2D eigenvalue weighted by atomic mass is 19.4. The summed E-state index contributed by atoms with van der Waals surface area (Å²) in [6.45, 7) is 1.80. The van der Waals surface area contributed by atoms with Crippen molar-refractivity contribution in [3.8, 4) is 11.5 Å². The largest absolute Gasteiger partial charge is 0.417 e. The van der Waals surface area contributed by atoms with Crippen LogP contribution in [0.5, 0.6) is 0 Å². The van der Waals surface area contributed by atoms with E-state index in [1.165, 1.54) is 22.8 Å². The van der Waals surface area contributed by atoms with Crippen molar-refractivity contribution in [3.05, 3.63) is 76.1 Å². The summed E-state index contributed by atoms with van der Waals surface area (Å²) in [5.74, 6) is 0.356. The van der Waals surface area contributed by atoms with Gasteiger partial charge in [-0.25, -0.2) is 4.98 Å². The maximum atomic E-state index is 13.2. The van der Waals surface area contributed by atoms with E-state index in [-0.39, 0.29) is 29.4 Å². The van der Waals surface area contributed by atoms with Crippen LogP contribution in [0.2, 0.25) is 0 Å². The van der Waals surface area contributed by atoms with Gasteiger partial charge in [0.05, 0.1) is 28.6 Å². The van der Waals surface area contributed by atoms with Crippen molar-refractivity contribution in [1.29, 1.82) is 0 Å². The first kappa shape index (κ1) is 18.9. The maximum Gasteiger partial charge on any atom is 0.417 e. The number of alkyl halides is 3. The van der Waals surface area contributed by atoms with E-state index in [9.17, 15) is 18.0 Å². The van der Waals surface area contributed by atoms with Gasteiger partial charge in [0.2, 0.25) is 0 Å². The molecule has 0 amide bonds. The summed E-state index contributed by atoms with van der Waals surface area (Å²) in [4.78, 5) is 21.4. The summed E-state index contributed by atoms with van der Waals surface area (Å²) >= 11 is 0. The molecule has 148 valence electrons. The predicted molar refractivity (Wildman–Crippen MR) is 99.2 cm³/mol. The molecule has 4 rings (SSSR count). The molecule has 0 aliphatic carbocycles. The van der Waals surface area contributed by atoms with Gasteiger partial charge in [-0.3, -0.25) is 9.36 Å². The molecule has 0 spiro atoms. The molecule has 2 aromatic heterocycles. The molecule has 0 aliphatic heterocycles. The van der Waals surface area contributed by atoms with E-state index in [1.54, 1.807) is 24.3 Å². The lowest BCUT2D eigenvalue weighted by Crippen LogP contribution is -2.26. The first-order chi connectivity index (χ1) is 13.9. The molecular formula is C20H15F3N4O2. The lowest BCUT2D eigenvalue weighted by atomic mass is 10.1. The Bertz CT molecular complexity index is 1240. The van der Waals surface area contributed by atoms with Crippen LogP contribution < -0.4 is 5.56 Å². The third kappa shape index (κ3) is 3.51. The molecule has 0 unspecified atom stereocenters. The summed E-state index contributed by atoms with van der Waals surface area (Å²) < 4.78 is 46.2. The van der Waals surface area contributed by atoms with Crippen molar-refractivity contribution in [1.82, 2.24) is 19.7 Å². The molecule has 6 nitrogen and oxygen atoms in total. The lowest BCUT2D eigenvalue weighted by Gasteiger charge is -2.10. The number of hydrogen-bond acceptors (Lipinski definition) is 5. The van der Waals surface area contributed by atoms with Gasteiger partial charge in [-0.1, -0.05) is 36.3 Å².